The minimum Gasteiger partial charge on any atom is -0.0843 e. The minimum absolute atomic E-state index is 0.770. The average Bonchev–Trinajstić information content (AvgIpc) is 2.29. The third-order valence-corrected chi connectivity index (χ3v) is 2.65. The summed E-state index contributed by atoms with van der Waals surface area (Å²) in [6, 6.07) is 17.4. The summed E-state index contributed by atoms with van der Waals surface area (Å²) in [4.78, 5) is 0. The molecule has 0 heterocycles. The second kappa shape index (κ2) is 4.50. The number of rotatable bonds is 2. The first kappa shape index (κ1) is 10.3. The molecule has 75 valence electrons. The topological polar surface area (TPSA) is 0 Å². The van der Waals surface area contributed by atoms with Crippen molar-refractivity contribution in [3.63, 3.8) is 0 Å². The summed E-state index contributed by atoms with van der Waals surface area (Å²) in [6.07, 6.45) is 1.02. The third kappa shape index (κ3) is 2.40. The van der Waals surface area contributed by atoms with Crippen molar-refractivity contribution in [1.82, 2.24) is 0 Å². The Hall–Kier alpha value is -1.27. The fourth-order valence-electron chi connectivity index (χ4n) is 1.52. The second-order valence-electron chi connectivity index (χ2n) is 3.47. The standard InChI is InChI=1S/C14H12Cl/c1-2-11-6-8-12(9-7-11)13-4-3-5-14(15)10-13/h3-6,8-10H,2H2,1H3. The van der Waals surface area contributed by atoms with Gasteiger partial charge in [-0.25, -0.2) is 0 Å². The van der Waals surface area contributed by atoms with Gasteiger partial charge in [-0.1, -0.05) is 42.8 Å². The Labute approximate surface area is 95.5 Å². The molecule has 0 atom stereocenters. The van der Waals surface area contributed by atoms with Gasteiger partial charge in [0.15, 0.2) is 0 Å². The Morgan fingerprint density at radius 3 is 2.60 bits per heavy atom. The Balaban J connectivity index is 2.37. The van der Waals surface area contributed by atoms with Gasteiger partial charge < -0.3 is 0 Å². The van der Waals surface area contributed by atoms with Gasteiger partial charge in [-0.05, 0) is 47.4 Å². The molecule has 0 saturated carbocycles. The Kier molecular flexibility index (Phi) is 3.08. The minimum atomic E-state index is 0.770. The van der Waals surface area contributed by atoms with Crippen molar-refractivity contribution in [1.29, 1.82) is 0 Å². The highest BCUT2D eigenvalue weighted by Gasteiger charge is 1.98. The third-order valence-electron chi connectivity index (χ3n) is 2.42. The highest BCUT2D eigenvalue weighted by molar-refractivity contribution is 6.30. The van der Waals surface area contributed by atoms with Gasteiger partial charge in [0.1, 0.15) is 0 Å². The van der Waals surface area contributed by atoms with Crippen LogP contribution >= 0.6 is 11.6 Å². The molecular weight excluding hydrogens is 204 g/mol. The molecule has 15 heavy (non-hydrogen) atoms. The number of aryl methyl sites for hydroxylation is 1. The van der Waals surface area contributed by atoms with Gasteiger partial charge in [0.2, 0.25) is 0 Å². The zero-order chi connectivity index (χ0) is 10.7. The predicted octanol–water partition coefficient (Wildman–Crippen LogP) is 4.37. The fourth-order valence-corrected chi connectivity index (χ4v) is 1.71. The van der Waals surface area contributed by atoms with Crippen LogP contribution in [0.15, 0.2) is 42.5 Å². The molecule has 0 amide bonds. The van der Waals surface area contributed by atoms with Crippen molar-refractivity contribution in [2.24, 2.45) is 0 Å². The maximum absolute atomic E-state index is 5.94. The van der Waals surface area contributed by atoms with E-state index in [1.807, 2.05) is 24.3 Å². The first-order valence-electron chi connectivity index (χ1n) is 5.06. The maximum atomic E-state index is 5.94. The lowest BCUT2D eigenvalue weighted by Crippen LogP contribution is -1.81. The van der Waals surface area contributed by atoms with Crippen LogP contribution in [-0.4, -0.2) is 0 Å². The molecule has 0 unspecified atom stereocenters. The maximum Gasteiger partial charge on any atom is 0.0412 e. The van der Waals surface area contributed by atoms with Crippen LogP contribution < -0.4 is 0 Å². The molecule has 0 aromatic heterocycles. The Bertz CT molecular complexity index is 443. The predicted molar refractivity (Wildman–Crippen MR) is 65.1 cm³/mol. The van der Waals surface area contributed by atoms with E-state index < -0.39 is 0 Å². The molecule has 0 aliphatic rings. The van der Waals surface area contributed by atoms with E-state index in [1.165, 1.54) is 5.56 Å². The van der Waals surface area contributed by atoms with Gasteiger partial charge in [-0.15, -0.1) is 0 Å². The van der Waals surface area contributed by atoms with Crippen LogP contribution in [-0.2, 0) is 6.42 Å². The molecule has 0 spiro atoms. The molecule has 0 bridgehead atoms. The van der Waals surface area contributed by atoms with Crippen molar-refractivity contribution < 1.29 is 0 Å². The van der Waals surface area contributed by atoms with Crippen LogP contribution in [0.5, 0.6) is 0 Å². The largest absolute Gasteiger partial charge is 0.0843 e. The van der Waals surface area contributed by atoms with Crippen molar-refractivity contribution in [3.8, 4) is 11.1 Å². The molecule has 2 aromatic carbocycles. The number of halogens is 1. The number of hydrogen-bond acceptors (Lipinski definition) is 0. The van der Waals surface area contributed by atoms with Gasteiger partial charge in [0, 0.05) is 5.02 Å². The average molecular weight is 216 g/mol. The van der Waals surface area contributed by atoms with E-state index in [0.29, 0.717) is 0 Å². The first-order valence-corrected chi connectivity index (χ1v) is 5.44. The molecule has 2 rings (SSSR count). The number of hydrogen-bond donors (Lipinski definition) is 0. The van der Waals surface area contributed by atoms with Gasteiger partial charge in [-0.3, -0.25) is 0 Å². The molecule has 0 fully saturated rings. The van der Waals surface area contributed by atoms with E-state index in [0.717, 1.165) is 22.6 Å². The van der Waals surface area contributed by atoms with Crippen LogP contribution in [0.4, 0.5) is 0 Å². The van der Waals surface area contributed by atoms with Crippen LogP contribution in [0.1, 0.15) is 12.5 Å². The summed E-state index contributed by atoms with van der Waals surface area (Å²) < 4.78 is 0. The van der Waals surface area contributed by atoms with Crippen LogP contribution in [0.25, 0.3) is 11.1 Å². The van der Waals surface area contributed by atoms with Crippen molar-refractivity contribution in [2.45, 2.75) is 13.3 Å². The van der Waals surface area contributed by atoms with E-state index in [1.54, 1.807) is 0 Å². The summed E-state index contributed by atoms with van der Waals surface area (Å²) in [7, 11) is 0. The summed E-state index contributed by atoms with van der Waals surface area (Å²) in [5.41, 5.74) is 3.54. The molecule has 1 heteroatoms. The van der Waals surface area contributed by atoms with Crippen LogP contribution in [0, 0.1) is 6.07 Å². The quantitative estimate of drug-likeness (QED) is 0.698. The number of benzene rings is 2. The zero-order valence-electron chi connectivity index (χ0n) is 8.63. The SMILES string of the molecule is CCc1[c]cc(-c2cccc(Cl)c2)cc1. The second-order valence-corrected chi connectivity index (χ2v) is 3.90. The van der Waals surface area contributed by atoms with Gasteiger partial charge >= 0.3 is 0 Å². The van der Waals surface area contributed by atoms with E-state index in [-0.39, 0.29) is 0 Å². The molecule has 0 nitrogen and oxygen atoms in total. The summed E-state index contributed by atoms with van der Waals surface area (Å²) in [6.45, 7) is 2.13. The summed E-state index contributed by atoms with van der Waals surface area (Å²) in [5, 5.41) is 0.770. The van der Waals surface area contributed by atoms with Gasteiger partial charge in [0.05, 0.1) is 0 Å². The first-order chi connectivity index (χ1) is 7.29. The van der Waals surface area contributed by atoms with Crippen molar-refractivity contribution in [3.05, 3.63) is 59.1 Å². The molecule has 1 radical (unpaired) electrons. The lowest BCUT2D eigenvalue weighted by Gasteiger charge is -2.03. The van der Waals surface area contributed by atoms with Crippen molar-refractivity contribution in [2.75, 3.05) is 0 Å². The van der Waals surface area contributed by atoms with Gasteiger partial charge in [0.25, 0.3) is 0 Å². The van der Waals surface area contributed by atoms with Crippen molar-refractivity contribution >= 4 is 11.6 Å². The molecule has 0 aliphatic heterocycles. The van der Waals surface area contributed by atoms with E-state index in [4.69, 9.17) is 11.6 Å². The highest BCUT2D eigenvalue weighted by Crippen LogP contribution is 2.22. The van der Waals surface area contributed by atoms with E-state index in [9.17, 15) is 0 Å². The van der Waals surface area contributed by atoms with E-state index >= 15 is 0 Å². The molecule has 0 saturated heterocycles. The lowest BCUT2D eigenvalue weighted by atomic mass is 10.0. The summed E-state index contributed by atoms with van der Waals surface area (Å²) in [5.74, 6) is 0. The monoisotopic (exact) mass is 215 g/mol. The summed E-state index contributed by atoms with van der Waals surface area (Å²) >= 11 is 5.94. The highest BCUT2D eigenvalue weighted by atomic mass is 35.5. The lowest BCUT2D eigenvalue weighted by molar-refractivity contribution is 1.14. The van der Waals surface area contributed by atoms with Crippen LogP contribution in [0.2, 0.25) is 5.02 Å². The zero-order valence-corrected chi connectivity index (χ0v) is 9.38. The molecular formula is C14H12Cl. The molecule has 0 aliphatic carbocycles. The smallest absolute Gasteiger partial charge is 0.0412 e. The Morgan fingerprint density at radius 1 is 1.13 bits per heavy atom. The fraction of sp³-hybridized carbons (Fsp3) is 0.143. The van der Waals surface area contributed by atoms with E-state index in [2.05, 4.69) is 31.2 Å². The normalized spacial score (nSPS) is 10.3. The molecule has 0 N–H and O–H groups in total. The van der Waals surface area contributed by atoms with Crippen LogP contribution in [0.3, 0.4) is 0 Å². The van der Waals surface area contributed by atoms with Gasteiger partial charge in [-0.2, -0.15) is 0 Å². The molecule has 2 aromatic rings. The Morgan fingerprint density at radius 2 is 2.00 bits per heavy atom.